The minimum atomic E-state index is -0.239. The Kier molecular flexibility index (Phi) is 5.25. The van der Waals surface area contributed by atoms with Crippen LogP contribution in [0.1, 0.15) is 37.0 Å². The highest BCUT2D eigenvalue weighted by Crippen LogP contribution is 2.38. The number of nitrogens with zero attached hydrogens (tertiary/aromatic N) is 1. The number of rotatable bonds is 3. The van der Waals surface area contributed by atoms with Gasteiger partial charge in [0.15, 0.2) is 0 Å². The van der Waals surface area contributed by atoms with Crippen molar-refractivity contribution in [3.8, 4) is 10.4 Å². The van der Waals surface area contributed by atoms with Crippen molar-refractivity contribution in [2.45, 2.75) is 38.1 Å². The van der Waals surface area contributed by atoms with Crippen molar-refractivity contribution < 1.29 is 9.18 Å². The highest BCUT2D eigenvalue weighted by Gasteiger charge is 2.37. The third-order valence-electron chi connectivity index (χ3n) is 4.79. The standard InChI is InChI=1S/C20H18FNOS3/c21-14-8-6-13(7-9-14)17-11-10-16(25-17)12-18-19(23)22(20(24)26-18)15-4-2-1-3-5-15/h6-12,15H,1-5H2. The summed E-state index contributed by atoms with van der Waals surface area (Å²) < 4.78 is 13.8. The molecule has 2 fully saturated rings. The smallest absolute Gasteiger partial charge is 0.266 e. The van der Waals surface area contributed by atoms with Crippen molar-refractivity contribution in [1.29, 1.82) is 0 Å². The van der Waals surface area contributed by atoms with Gasteiger partial charge in [0.25, 0.3) is 5.91 Å². The lowest BCUT2D eigenvalue weighted by molar-refractivity contribution is -0.124. The minimum Gasteiger partial charge on any atom is -0.290 e. The van der Waals surface area contributed by atoms with Gasteiger partial charge in [-0.05, 0) is 48.7 Å². The fraction of sp³-hybridized carbons (Fsp3) is 0.300. The summed E-state index contributed by atoms with van der Waals surface area (Å²) in [6.45, 7) is 0. The summed E-state index contributed by atoms with van der Waals surface area (Å²) in [5.74, 6) is -0.194. The van der Waals surface area contributed by atoms with E-state index in [1.165, 1.54) is 43.2 Å². The number of halogens is 1. The molecule has 2 aliphatic rings. The van der Waals surface area contributed by atoms with E-state index in [1.54, 1.807) is 23.5 Å². The molecule has 1 saturated carbocycles. The summed E-state index contributed by atoms with van der Waals surface area (Å²) in [5.41, 5.74) is 0.978. The van der Waals surface area contributed by atoms with Crippen molar-refractivity contribution in [2.24, 2.45) is 0 Å². The van der Waals surface area contributed by atoms with Gasteiger partial charge in [-0.2, -0.15) is 0 Å². The molecule has 0 spiro atoms. The Morgan fingerprint density at radius 3 is 2.54 bits per heavy atom. The van der Waals surface area contributed by atoms with Gasteiger partial charge in [0.05, 0.1) is 4.91 Å². The number of thiocarbonyl (C=S) groups is 1. The quantitative estimate of drug-likeness (QED) is 0.457. The average Bonchev–Trinajstić information content (AvgIpc) is 3.21. The SMILES string of the molecule is O=C1C(=Cc2ccc(-c3ccc(F)cc3)s2)SC(=S)N1C1CCCCC1. The predicted octanol–water partition coefficient (Wildman–Crippen LogP) is 6.09. The largest absolute Gasteiger partial charge is 0.290 e. The van der Waals surface area contributed by atoms with Crippen molar-refractivity contribution in [2.75, 3.05) is 0 Å². The van der Waals surface area contributed by atoms with Crippen LogP contribution in [0.2, 0.25) is 0 Å². The normalized spacial score (nSPS) is 20.3. The zero-order chi connectivity index (χ0) is 18.1. The highest BCUT2D eigenvalue weighted by molar-refractivity contribution is 8.26. The Morgan fingerprint density at radius 1 is 1.08 bits per heavy atom. The predicted molar refractivity (Wildman–Crippen MR) is 112 cm³/mol. The van der Waals surface area contributed by atoms with Gasteiger partial charge in [-0.25, -0.2) is 4.39 Å². The minimum absolute atomic E-state index is 0.0450. The number of hydrogen-bond donors (Lipinski definition) is 0. The molecule has 1 saturated heterocycles. The van der Waals surface area contributed by atoms with E-state index >= 15 is 0 Å². The Hall–Kier alpha value is -1.50. The van der Waals surface area contributed by atoms with Crippen LogP contribution in [0.4, 0.5) is 4.39 Å². The van der Waals surface area contributed by atoms with Gasteiger partial charge in [-0.3, -0.25) is 9.69 Å². The second-order valence-corrected chi connectivity index (χ2v) is 9.34. The number of carbonyl (C=O) groups excluding carboxylic acids is 1. The molecule has 1 aliphatic heterocycles. The van der Waals surface area contributed by atoms with Crippen LogP contribution in [0.15, 0.2) is 41.3 Å². The molecule has 1 aliphatic carbocycles. The van der Waals surface area contributed by atoms with Gasteiger partial charge in [0.2, 0.25) is 0 Å². The monoisotopic (exact) mass is 403 g/mol. The first-order valence-corrected chi connectivity index (χ1v) is 10.8. The van der Waals surface area contributed by atoms with Crippen LogP contribution in [-0.4, -0.2) is 21.2 Å². The van der Waals surface area contributed by atoms with Crippen molar-refractivity contribution in [1.82, 2.24) is 4.90 Å². The Labute approximate surface area is 166 Å². The summed E-state index contributed by atoms with van der Waals surface area (Å²) in [5, 5.41) is 0. The van der Waals surface area contributed by atoms with Gasteiger partial charge in [0.1, 0.15) is 10.1 Å². The highest BCUT2D eigenvalue weighted by atomic mass is 32.2. The molecule has 2 heterocycles. The lowest BCUT2D eigenvalue weighted by Crippen LogP contribution is -2.39. The molecular formula is C20H18FNOS3. The lowest BCUT2D eigenvalue weighted by Gasteiger charge is -2.29. The zero-order valence-electron chi connectivity index (χ0n) is 14.1. The molecule has 1 aromatic heterocycles. The Morgan fingerprint density at radius 2 is 1.81 bits per heavy atom. The molecule has 2 nitrogen and oxygen atoms in total. The van der Waals surface area contributed by atoms with Gasteiger partial charge in [-0.15, -0.1) is 11.3 Å². The zero-order valence-corrected chi connectivity index (χ0v) is 16.6. The number of benzene rings is 1. The molecular weight excluding hydrogens is 385 g/mol. The van der Waals surface area contributed by atoms with Crippen LogP contribution >= 0.6 is 35.3 Å². The van der Waals surface area contributed by atoms with E-state index in [0.717, 1.165) is 28.2 Å². The molecule has 1 aromatic carbocycles. The number of hydrogen-bond acceptors (Lipinski definition) is 4. The summed E-state index contributed by atoms with van der Waals surface area (Å²) in [6, 6.07) is 10.7. The van der Waals surface area contributed by atoms with Crippen LogP contribution in [-0.2, 0) is 4.79 Å². The molecule has 6 heteroatoms. The molecule has 1 amide bonds. The van der Waals surface area contributed by atoms with Crippen molar-refractivity contribution in [3.05, 3.63) is 52.0 Å². The summed E-state index contributed by atoms with van der Waals surface area (Å²) in [7, 11) is 0. The average molecular weight is 404 g/mol. The number of thioether (sulfide) groups is 1. The molecule has 134 valence electrons. The molecule has 0 bridgehead atoms. The summed E-state index contributed by atoms with van der Waals surface area (Å²) in [4.78, 5) is 17.4. The fourth-order valence-electron chi connectivity index (χ4n) is 3.46. The topological polar surface area (TPSA) is 20.3 Å². The van der Waals surface area contributed by atoms with Gasteiger partial charge in [0, 0.05) is 15.8 Å². The lowest BCUT2D eigenvalue weighted by atomic mass is 9.94. The van der Waals surface area contributed by atoms with E-state index in [9.17, 15) is 9.18 Å². The molecule has 2 aromatic rings. The van der Waals surface area contributed by atoms with Crippen molar-refractivity contribution >= 4 is 51.6 Å². The van der Waals surface area contributed by atoms with E-state index in [1.807, 2.05) is 23.1 Å². The maximum atomic E-state index is 13.1. The van der Waals surface area contributed by atoms with Gasteiger partial charge >= 0.3 is 0 Å². The maximum Gasteiger partial charge on any atom is 0.266 e. The second-order valence-electron chi connectivity index (χ2n) is 6.55. The Balaban J connectivity index is 1.54. The van der Waals surface area contributed by atoms with Crippen LogP contribution in [0.25, 0.3) is 16.5 Å². The van der Waals surface area contributed by atoms with Gasteiger partial charge < -0.3 is 0 Å². The molecule has 26 heavy (non-hydrogen) atoms. The van der Waals surface area contributed by atoms with Crippen LogP contribution in [0, 0.1) is 5.82 Å². The van der Waals surface area contributed by atoms with Crippen LogP contribution in [0.3, 0.4) is 0 Å². The Bertz CT molecular complexity index is 865. The fourth-order valence-corrected chi connectivity index (χ4v) is 5.89. The van der Waals surface area contributed by atoms with Crippen molar-refractivity contribution in [3.63, 3.8) is 0 Å². The molecule has 0 N–H and O–H groups in total. The first-order valence-electron chi connectivity index (χ1n) is 8.75. The van der Waals surface area contributed by atoms with E-state index in [-0.39, 0.29) is 17.8 Å². The van der Waals surface area contributed by atoms with Gasteiger partial charge in [-0.1, -0.05) is 55.4 Å². The molecule has 0 unspecified atom stereocenters. The number of thiophene rings is 1. The molecule has 0 atom stereocenters. The van der Waals surface area contributed by atoms with Crippen LogP contribution in [0.5, 0.6) is 0 Å². The van der Waals surface area contributed by atoms with E-state index in [0.29, 0.717) is 9.23 Å². The summed E-state index contributed by atoms with van der Waals surface area (Å²) in [6.07, 6.45) is 7.63. The van der Waals surface area contributed by atoms with E-state index in [2.05, 4.69) is 0 Å². The molecule has 0 radical (unpaired) electrons. The third-order valence-corrected chi connectivity index (χ3v) is 7.20. The first kappa shape index (κ1) is 17.9. The molecule has 4 rings (SSSR count). The van der Waals surface area contributed by atoms with E-state index in [4.69, 9.17) is 12.2 Å². The third kappa shape index (κ3) is 3.63. The number of carbonyl (C=O) groups is 1. The van der Waals surface area contributed by atoms with E-state index < -0.39 is 0 Å². The first-order chi connectivity index (χ1) is 12.6. The maximum absolute atomic E-state index is 13.1. The summed E-state index contributed by atoms with van der Waals surface area (Å²) >= 11 is 8.48. The van der Waals surface area contributed by atoms with Crippen LogP contribution < -0.4 is 0 Å². The number of amides is 1. The second kappa shape index (κ2) is 7.62.